The third-order valence-electron chi connectivity index (χ3n) is 6.70. The van der Waals surface area contributed by atoms with E-state index in [1.54, 1.807) is 42.5 Å². The number of aromatic hydroxyl groups is 1. The fourth-order valence-corrected chi connectivity index (χ4v) is 4.68. The van der Waals surface area contributed by atoms with Gasteiger partial charge in [0.05, 0.1) is 11.6 Å². The van der Waals surface area contributed by atoms with E-state index in [4.69, 9.17) is 4.74 Å². The summed E-state index contributed by atoms with van der Waals surface area (Å²) in [6, 6.07) is 25.6. The molecule has 196 valence electrons. The molecule has 4 aromatic rings. The van der Waals surface area contributed by atoms with E-state index in [0.29, 0.717) is 29.0 Å². The molecule has 0 radical (unpaired) electrons. The first-order valence-electron chi connectivity index (χ1n) is 12.4. The van der Waals surface area contributed by atoms with Crippen LogP contribution in [-0.4, -0.2) is 26.8 Å². The highest BCUT2D eigenvalue weighted by Gasteiger charge is 2.46. The molecule has 1 aliphatic rings. The molecule has 1 amide bonds. The number of carbonyl (C=O) groups is 2. The van der Waals surface area contributed by atoms with Gasteiger partial charge < -0.3 is 19.8 Å². The second kappa shape index (κ2) is 10.8. The normalized spacial score (nSPS) is 16.5. The maximum atomic E-state index is 13.5. The molecule has 0 saturated carbocycles. The van der Waals surface area contributed by atoms with Gasteiger partial charge in [-0.15, -0.1) is 0 Å². The van der Waals surface area contributed by atoms with Crippen LogP contribution in [0.2, 0.25) is 0 Å². The van der Waals surface area contributed by atoms with Crippen LogP contribution in [0, 0.1) is 12.7 Å². The van der Waals surface area contributed by atoms with Crippen LogP contribution in [0.1, 0.15) is 33.9 Å². The van der Waals surface area contributed by atoms with Crippen LogP contribution >= 0.6 is 0 Å². The zero-order valence-corrected chi connectivity index (χ0v) is 21.2. The van der Waals surface area contributed by atoms with Crippen molar-refractivity contribution in [1.82, 2.24) is 4.90 Å². The molecular formula is C32H26FNO5. The fourth-order valence-electron chi connectivity index (χ4n) is 4.68. The number of carbonyl (C=O) groups excluding carboxylic acids is 2. The molecule has 0 aromatic heterocycles. The lowest BCUT2D eigenvalue weighted by molar-refractivity contribution is -0.140. The molecule has 5 rings (SSSR count). The van der Waals surface area contributed by atoms with E-state index in [1.165, 1.54) is 29.2 Å². The van der Waals surface area contributed by atoms with Crippen LogP contribution in [0.15, 0.2) is 103 Å². The minimum absolute atomic E-state index is 0.0240. The molecular weight excluding hydrogens is 497 g/mol. The molecule has 4 aromatic carbocycles. The topological polar surface area (TPSA) is 87.1 Å². The highest BCUT2D eigenvalue weighted by molar-refractivity contribution is 6.46. The molecule has 6 nitrogen and oxygen atoms in total. The van der Waals surface area contributed by atoms with Crippen molar-refractivity contribution in [2.24, 2.45) is 0 Å². The number of ether oxygens (including phenoxy) is 1. The predicted octanol–water partition coefficient (Wildman–Crippen LogP) is 6.04. The van der Waals surface area contributed by atoms with Gasteiger partial charge in [-0.05, 0) is 71.6 Å². The number of rotatable bonds is 7. The molecule has 39 heavy (non-hydrogen) atoms. The zero-order valence-electron chi connectivity index (χ0n) is 21.2. The lowest BCUT2D eigenvalue weighted by Gasteiger charge is -2.25. The van der Waals surface area contributed by atoms with E-state index in [1.807, 2.05) is 37.3 Å². The Morgan fingerprint density at radius 1 is 0.897 bits per heavy atom. The molecule has 7 heteroatoms. The number of likely N-dealkylation sites (tertiary alicyclic amines) is 1. The van der Waals surface area contributed by atoms with E-state index in [-0.39, 0.29) is 23.6 Å². The number of Topliss-reactive ketones (excluding diaryl/α,β-unsaturated/α-hetero) is 1. The Labute approximate surface area is 225 Å². The summed E-state index contributed by atoms with van der Waals surface area (Å²) in [5.41, 5.74) is 3.22. The van der Waals surface area contributed by atoms with Gasteiger partial charge in [0.25, 0.3) is 11.7 Å². The fraction of sp³-hybridized carbons (Fsp3) is 0.125. The molecule has 1 aliphatic heterocycles. The van der Waals surface area contributed by atoms with Gasteiger partial charge in [0, 0.05) is 12.1 Å². The summed E-state index contributed by atoms with van der Waals surface area (Å²) in [5.74, 6) is -1.68. The Kier molecular flexibility index (Phi) is 7.14. The third kappa shape index (κ3) is 5.38. The molecule has 0 aliphatic carbocycles. The highest BCUT2D eigenvalue weighted by Crippen LogP contribution is 2.41. The summed E-state index contributed by atoms with van der Waals surface area (Å²) >= 11 is 0. The van der Waals surface area contributed by atoms with Gasteiger partial charge in [-0.2, -0.15) is 0 Å². The lowest BCUT2D eigenvalue weighted by Crippen LogP contribution is -2.29. The molecule has 0 bridgehead atoms. The first kappa shape index (κ1) is 25.7. The molecule has 1 heterocycles. The average Bonchev–Trinajstić information content (AvgIpc) is 3.19. The van der Waals surface area contributed by atoms with Crippen LogP contribution in [-0.2, 0) is 22.7 Å². The van der Waals surface area contributed by atoms with Crippen molar-refractivity contribution in [3.8, 4) is 11.5 Å². The summed E-state index contributed by atoms with van der Waals surface area (Å²) in [4.78, 5) is 27.8. The number of hydrogen-bond donors (Lipinski definition) is 2. The average molecular weight is 524 g/mol. The zero-order chi connectivity index (χ0) is 27.5. The van der Waals surface area contributed by atoms with Crippen LogP contribution in [0.4, 0.5) is 4.39 Å². The van der Waals surface area contributed by atoms with Gasteiger partial charge in [0.1, 0.15) is 29.7 Å². The second-order valence-corrected chi connectivity index (χ2v) is 9.40. The monoisotopic (exact) mass is 523 g/mol. The molecule has 0 spiro atoms. The lowest BCUT2D eigenvalue weighted by atomic mass is 9.94. The molecule has 1 fully saturated rings. The van der Waals surface area contributed by atoms with Crippen molar-refractivity contribution >= 4 is 17.4 Å². The van der Waals surface area contributed by atoms with Crippen molar-refractivity contribution < 1.29 is 28.9 Å². The number of phenols is 1. The summed E-state index contributed by atoms with van der Waals surface area (Å²) < 4.78 is 19.4. The number of halogens is 1. The Hall–Kier alpha value is -4.91. The number of phenolic OH excluding ortho intramolecular Hbond substituents is 1. The van der Waals surface area contributed by atoms with Crippen LogP contribution < -0.4 is 4.74 Å². The minimum Gasteiger partial charge on any atom is -0.508 e. The first-order valence-corrected chi connectivity index (χ1v) is 12.4. The van der Waals surface area contributed by atoms with Crippen molar-refractivity contribution in [3.63, 3.8) is 0 Å². The van der Waals surface area contributed by atoms with E-state index in [0.717, 1.165) is 11.1 Å². The third-order valence-corrected chi connectivity index (χ3v) is 6.70. The second-order valence-electron chi connectivity index (χ2n) is 9.40. The predicted molar refractivity (Wildman–Crippen MR) is 144 cm³/mol. The summed E-state index contributed by atoms with van der Waals surface area (Å²) in [5, 5.41) is 21.2. The van der Waals surface area contributed by atoms with Crippen molar-refractivity contribution in [3.05, 3.63) is 136 Å². The van der Waals surface area contributed by atoms with Crippen LogP contribution in [0.5, 0.6) is 11.5 Å². The minimum atomic E-state index is -0.912. The largest absolute Gasteiger partial charge is 0.508 e. The number of benzene rings is 4. The summed E-state index contributed by atoms with van der Waals surface area (Å²) in [6.07, 6.45) is 0. The van der Waals surface area contributed by atoms with Crippen LogP contribution in [0.3, 0.4) is 0 Å². The molecule has 1 atom stereocenters. The maximum Gasteiger partial charge on any atom is 0.295 e. The number of hydrogen-bond acceptors (Lipinski definition) is 5. The quantitative estimate of drug-likeness (QED) is 0.175. The Bertz CT molecular complexity index is 1550. The highest BCUT2D eigenvalue weighted by atomic mass is 19.1. The summed E-state index contributed by atoms with van der Waals surface area (Å²) in [6.45, 7) is 2.24. The Morgan fingerprint density at radius 2 is 1.59 bits per heavy atom. The van der Waals surface area contributed by atoms with E-state index in [9.17, 15) is 24.2 Å². The van der Waals surface area contributed by atoms with E-state index in [2.05, 4.69) is 0 Å². The molecule has 2 N–H and O–H groups in total. The van der Waals surface area contributed by atoms with Gasteiger partial charge in [0.15, 0.2) is 0 Å². The number of amides is 1. The van der Waals surface area contributed by atoms with E-state index < -0.39 is 23.5 Å². The number of aryl methyl sites for hydroxylation is 1. The maximum absolute atomic E-state index is 13.5. The van der Waals surface area contributed by atoms with Gasteiger partial charge in [-0.25, -0.2) is 4.39 Å². The molecule has 1 unspecified atom stereocenters. The number of ketones is 1. The molecule has 1 saturated heterocycles. The number of aliphatic hydroxyl groups excluding tert-OH is 1. The van der Waals surface area contributed by atoms with Gasteiger partial charge in [-0.1, -0.05) is 54.6 Å². The summed E-state index contributed by atoms with van der Waals surface area (Å²) in [7, 11) is 0. The smallest absolute Gasteiger partial charge is 0.295 e. The Morgan fingerprint density at radius 3 is 2.26 bits per heavy atom. The van der Waals surface area contributed by atoms with Crippen molar-refractivity contribution in [2.45, 2.75) is 26.1 Å². The SMILES string of the molecule is Cc1cc(/C(O)=C2/C(=O)C(=O)N(Cc3ccc(F)cc3)C2c2ccc(O)cc2)ccc1OCc1ccccc1. The van der Waals surface area contributed by atoms with Gasteiger partial charge in [-0.3, -0.25) is 9.59 Å². The number of nitrogens with zero attached hydrogens (tertiary/aromatic N) is 1. The van der Waals surface area contributed by atoms with Gasteiger partial charge >= 0.3 is 0 Å². The van der Waals surface area contributed by atoms with Crippen molar-refractivity contribution in [1.29, 1.82) is 0 Å². The number of aliphatic hydroxyl groups is 1. The first-order chi connectivity index (χ1) is 18.8. The standard InChI is InChI=1S/C32H26FNO5/c1-20-17-24(11-16-27(20)39-19-22-5-3-2-4-6-22)30(36)28-29(23-9-14-26(35)15-10-23)34(32(38)31(28)37)18-21-7-12-25(33)13-8-21/h2-17,29,35-36H,18-19H2,1H3/b30-28-. The Balaban J connectivity index is 1.51. The van der Waals surface area contributed by atoms with E-state index >= 15 is 0 Å². The van der Waals surface area contributed by atoms with Crippen LogP contribution in [0.25, 0.3) is 5.76 Å². The van der Waals surface area contributed by atoms with Gasteiger partial charge in [0.2, 0.25) is 0 Å². The van der Waals surface area contributed by atoms with Crippen molar-refractivity contribution in [2.75, 3.05) is 0 Å².